The monoisotopic (exact) mass is 285 g/mol. The van der Waals surface area contributed by atoms with Gasteiger partial charge in [-0.2, -0.15) is 0 Å². The number of rotatable bonds is 6. The van der Waals surface area contributed by atoms with Crippen molar-refractivity contribution in [3.05, 3.63) is 54.6 Å². The Bertz CT molecular complexity index is 554. The molecule has 3 nitrogen and oxygen atoms in total. The summed E-state index contributed by atoms with van der Waals surface area (Å²) in [5.74, 6) is 0.991. The number of benzene rings is 2. The van der Waals surface area contributed by atoms with Gasteiger partial charge in [0.15, 0.2) is 0 Å². The maximum Gasteiger partial charge on any atom is 0.137 e. The molecule has 0 radical (unpaired) electrons. The zero-order valence-electron chi connectivity index (χ0n) is 12.6. The van der Waals surface area contributed by atoms with Crippen molar-refractivity contribution in [1.82, 2.24) is 0 Å². The van der Waals surface area contributed by atoms with E-state index in [0.29, 0.717) is 0 Å². The lowest BCUT2D eigenvalue weighted by molar-refractivity contribution is 0.0815. The Kier molecular flexibility index (Phi) is 5.37. The van der Waals surface area contributed by atoms with Gasteiger partial charge in [0.1, 0.15) is 11.9 Å². The van der Waals surface area contributed by atoms with Crippen LogP contribution in [0.3, 0.4) is 0 Å². The first kappa shape index (κ1) is 15.5. The molecule has 3 N–H and O–H groups in total. The second kappa shape index (κ2) is 7.25. The summed E-state index contributed by atoms with van der Waals surface area (Å²) in [5.41, 5.74) is 8.22. The van der Waals surface area contributed by atoms with Gasteiger partial charge in [0.05, 0.1) is 6.61 Å². The third-order valence-electron chi connectivity index (χ3n) is 3.63. The van der Waals surface area contributed by atoms with Crippen LogP contribution in [0.15, 0.2) is 54.6 Å². The molecule has 2 aromatic carbocycles. The van der Waals surface area contributed by atoms with Crippen molar-refractivity contribution in [2.24, 2.45) is 11.7 Å². The fraction of sp³-hybridized carbons (Fsp3) is 0.333. The zero-order valence-corrected chi connectivity index (χ0v) is 12.6. The lowest BCUT2D eigenvalue weighted by atomic mass is 9.99. The third kappa shape index (κ3) is 3.84. The van der Waals surface area contributed by atoms with Crippen molar-refractivity contribution in [3.8, 4) is 16.9 Å². The van der Waals surface area contributed by atoms with Gasteiger partial charge in [-0.1, -0.05) is 62.4 Å². The summed E-state index contributed by atoms with van der Waals surface area (Å²) in [7, 11) is 0. The number of nitrogens with two attached hydrogens (primary N) is 1. The Balaban J connectivity index is 2.28. The Morgan fingerprint density at radius 2 is 1.62 bits per heavy atom. The lowest BCUT2D eigenvalue weighted by Crippen LogP contribution is -2.45. The van der Waals surface area contributed by atoms with Crippen LogP contribution >= 0.6 is 0 Å². The van der Waals surface area contributed by atoms with E-state index >= 15 is 0 Å². The Hall–Kier alpha value is -1.84. The highest BCUT2D eigenvalue weighted by molar-refractivity contribution is 5.70. The molecule has 0 saturated heterocycles. The summed E-state index contributed by atoms with van der Waals surface area (Å²) in [6, 6.07) is 17.7. The molecule has 21 heavy (non-hydrogen) atoms. The highest BCUT2D eigenvalue weighted by Crippen LogP contribution is 2.30. The predicted octanol–water partition coefficient (Wildman–Crippen LogP) is 3.08. The minimum absolute atomic E-state index is 0.0948. The molecular formula is C18H23NO2. The minimum Gasteiger partial charge on any atom is -0.486 e. The van der Waals surface area contributed by atoms with E-state index in [1.807, 2.05) is 68.4 Å². The molecule has 0 saturated carbocycles. The standard InChI is InChI=1S/C18H23NO2/c1-13(2)18(19)17(12-20)21-16-11-7-6-10-15(16)14-8-4-3-5-9-14/h3-11,13,17-18,20H,12,19H2,1-2H3. The highest BCUT2D eigenvalue weighted by Gasteiger charge is 2.22. The van der Waals surface area contributed by atoms with Gasteiger partial charge in [-0.05, 0) is 17.5 Å². The number of hydrogen-bond donors (Lipinski definition) is 2. The first-order chi connectivity index (χ1) is 10.1. The van der Waals surface area contributed by atoms with Gasteiger partial charge in [0, 0.05) is 11.6 Å². The van der Waals surface area contributed by atoms with Crippen LogP contribution in [0, 0.1) is 5.92 Å². The largest absolute Gasteiger partial charge is 0.486 e. The number of para-hydroxylation sites is 1. The van der Waals surface area contributed by atoms with Crippen LogP contribution in [-0.4, -0.2) is 23.9 Å². The van der Waals surface area contributed by atoms with Gasteiger partial charge in [-0.25, -0.2) is 0 Å². The van der Waals surface area contributed by atoms with Crippen molar-refractivity contribution >= 4 is 0 Å². The molecule has 0 amide bonds. The SMILES string of the molecule is CC(C)C(N)C(CO)Oc1ccccc1-c1ccccc1. The lowest BCUT2D eigenvalue weighted by Gasteiger charge is -2.27. The smallest absolute Gasteiger partial charge is 0.137 e. The summed E-state index contributed by atoms with van der Waals surface area (Å²) >= 11 is 0. The van der Waals surface area contributed by atoms with E-state index in [1.165, 1.54) is 0 Å². The number of hydrogen-bond acceptors (Lipinski definition) is 3. The normalized spacial score (nSPS) is 14.0. The van der Waals surface area contributed by atoms with Crippen LogP contribution in [-0.2, 0) is 0 Å². The molecule has 0 fully saturated rings. The van der Waals surface area contributed by atoms with Crippen molar-refractivity contribution < 1.29 is 9.84 Å². The molecule has 0 aliphatic heterocycles. The summed E-state index contributed by atoms with van der Waals surface area (Å²) in [6.45, 7) is 3.96. The predicted molar refractivity (Wildman–Crippen MR) is 86.2 cm³/mol. The molecule has 0 aliphatic rings. The molecule has 2 aromatic rings. The Morgan fingerprint density at radius 1 is 1.00 bits per heavy atom. The average Bonchev–Trinajstić information content (AvgIpc) is 2.53. The van der Waals surface area contributed by atoms with E-state index in [4.69, 9.17) is 10.5 Å². The quantitative estimate of drug-likeness (QED) is 0.857. The van der Waals surface area contributed by atoms with Crippen molar-refractivity contribution in [2.45, 2.75) is 26.0 Å². The first-order valence-electron chi connectivity index (χ1n) is 7.31. The van der Waals surface area contributed by atoms with Crippen LogP contribution in [0.1, 0.15) is 13.8 Å². The summed E-state index contributed by atoms with van der Waals surface area (Å²) in [5, 5.41) is 9.56. The van der Waals surface area contributed by atoms with Crippen LogP contribution < -0.4 is 10.5 Å². The summed E-state index contributed by atoms with van der Waals surface area (Å²) < 4.78 is 6.00. The fourth-order valence-corrected chi connectivity index (χ4v) is 2.26. The molecule has 2 unspecified atom stereocenters. The fourth-order valence-electron chi connectivity index (χ4n) is 2.26. The van der Waals surface area contributed by atoms with Gasteiger partial charge in [-0.15, -0.1) is 0 Å². The molecule has 0 heterocycles. The van der Waals surface area contributed by atoms with Crippen LogP contribution in [0.4, 0.5) is 0 Å². The topological polar surface area (TPSA) is 55.5 Å². The molecule has 2 rings (SSSR count). The van der Waals surface area contributed by atoms with E-state index in [2.05, 4.69) is 0 Å². The second-order valence-corrected chi connectivity index (χ2v) is 5.52. The van der Waals surface area contributed by atoms with Gasteiger partial charge >= 0.3 is 0 Å². The van der Waals surface area contributed by atoms with E-state index in [1.54, 1.807) is 0 Å². The summed E-state index contributed by atoms with van der Waals surface area (Å²) in [6.07, 6.45) is -0.408. The number of aliphatic hydroxyl groups excluding tert-OH is 1. The maximum atomic E-state index is 9.56. The zero-order chi connectivity index (χ0) is 15.2. The van der Waals surface area contributed by atoms with Crippen LogP contribution in [0.5, 0.6) is 5.75 Å². The minimum atomic E-state index is -0.408. The highest BCUT2D eigenvalue weighted by atomic mass is 16.5. The molecule has 112 valence electrons. The second-order valence-electron chi connectivity index (χ2n) is 5.52. The van der Waals surface area contributed by atoms with Crippen molar-refractivity contribution in [2.75, 3.05) is 6.61 Å². The van der Waals surface area contributed by atoms with Crippen molar-refractivity contribution in [1.29, 1.82) is 0 Å². The Labute approximate surface area is 126 Å². The van der Waals surface area contributed by atoms with E-state index in [-0.39, 0.29) is 18.6 Å². The van der Waals surface area contributed by atoms with E-state index < -0.39 is 6.10 Å². The van der Waals surface area contributed by atoms with Crippen LogP contribution in [0.25, 0.3) is 11.1 Å². The van der Waals surface area contributed by atoms with Crippen LogP contribution in [0.2, 0.25) is 0 Å². The van der Waals surface area contributed by atoms with Gasteiger partial charge in [0.2, 0.25) is 0 Å². The molecule has 2 atom stereocenters. The van der Waals surface area contributed by atoms with Gasteiger partial charge < -0.3 is 15.6 Å². The molecule has 0 spiro atoms. The van der Waals surface area contributed by atoms with E-state index in [9.17, 15) is 5.11 Å². The molecule has 0 aromatic heterocycles. The first-order valence-corrected chi connectivity index (χ1v) is 7.31. The molecular weight excluding hydrogens is 262 g/mol. The third-order valence-corrected chi connectivity index (χ3v) is 3.63. The van der Waals surface area contributed by atoms with E-state index in [0.717, 1.165) is 16.9 Å². The molecule has 3 heteroatoms. The van der Waals surface area contributed by atoms with Crippen molar-refractivity contribution in [3.63, 3.8) is 0 Å². The maximum absolute atomic E-state index is 9.56. The molecule has 0 bridgehead atoms. The molecule has 0 aliphatic carbocycles. The number of aliphatic hydroxyl groups is 1. The van der Waals surface area contributed by atoms with Gasteiger partial charge in [0.25, 0.3) is 0 Å². The Morgan fingerprint density at radius 3 is 2.24 bits per heavy atom. The number of ether oxygens (including phenoxy) is 1. The van der Waals surface area contributed by atoms with Gasteiger partial charge in [-0.3, -0.25) is 0 Å². The summed E-state index contributed by atoms with van der Waals surface area (Å²) in [4.78, 5) is 0. The average molecular weight is 285 g/mol.